The first-order valence-electron chi connectivity index (χ1n) is 8.83. The maximum atomic E-state index is 11.8. The van der Waals surface area contributed by atoms with Crippen molar-refractivity contribution in [2.24, 2.45) is 5.73 Å². The SMILES string of the molecule is CC(N)(CN1CC(Oc2ccc3c(c2C(=O)O)OB(O)[C@@H]2C[C@H]32)C1)C(=O)O. The lowest BCUT2D eigenvalue weighted by Crippen LogP contribution is -2.62. The van der Waals surface area contributed by atoms with Crippen molar-refractivity contribution in [2.45, 2.75) is 36.7 Å². The molecule has 1 saturated carbocycles. The van der Waals surface area contributed by atoms with E-state index in [0.29, 0.717) is 13.1 Å². The lowest BCUT2D eigenvalue weighted by atomic mass is 9.77. The van der Waals surface area contributed by atoms with Gasteiger partial charge < -0.3 is 30.4 Å². The molecule has 1 aliphatic carbocycles. The minimum atomic E-state index is -1.35. The summed E-state index contributed by atoms with van der Waals surface area (Å²) in [5.41, 5.74) is 5.10. The molecule has 144 valence electrons. The normalized spacial score (nSPS) is 26.1. The fraction of sp³-hybridized carbons (Fsp3) is 0.529. The number of rotatable bonds is 6. The highest BCUT2D eigenvalue weighted by atomic mass is 16.5. The van der Waals surface area contributed by atoms with Crippen LogP contribution in [-0.2, 0) is 4.79 Å². The molecule has 2 heterocycles. The smallest absolute Gasteiger partial charge is 0.526 e. The maximum Gasteiger partial charge on any atom is 0.526 e. The van der Waals surface area contributed by atoms with E-state index in [0.717, 1.165) is 12.0 Å². The number of benzene rings is 1. The van der Waals surface area contributed by atoms with Crippen LogP contribution in [0.3, 0.4) is 0 Å². The Bertz CT molecular complexity index is 809. The number of hydrogen-bond acceptors (Lipinski definition) is 7. The quantitative estimate of drug-likeness (QED) is 0.504. The van der Waals surface area contributed by atoms with Crippen molar-refractivity contribution in [1.29, 1.82) is 0 Å². The average molecular weight is 376 g/mol. The molecule has 0 bridgehead atoms. The highest BCUT2D eigenvalue weighted by Gasteiger charge is 2.54. The summed E-state index contributed by atoms with van der Waals surface area (Å²) >= 11 is 0. The zero-order valence-corrected chi connectivity index (χ0v) is 14.8. The van der Waals surface area contributed by atoms with Crippen LogP contribution in [0, 0.1) is 0 Å². The maximum absolute atomic E-state index is 11.8. The van der Waals surface area contributed by atoms with Crippen LogP contribution in [0.5, 0.6) is 11.5 Å². The minimum Gasteiger partial charge on any atom is -0.535 e. The zero-order chi connectivity index (χ0) is 19.5. The summed E-state index contributed by atoms with van der Waals surface area (Å²) in [7, 11) is -0.992. The van der Waals surface area contributed by atoms with Crippen molar-refractivity contribution in [3.05, 3.63) is 23.3 Å². The third-order valence-corrected chi connectivity index (χ3v) is 5.47. The molecule has 3 aliphatic rings. The third kappa shape index (κ3) is 3.13. The number of hydrogen-bond donors (Lipinski definition) is 4. The molecular weight excluding hydrogens is 355 g/mol. The standard InChI is InChI=1S/C17H21BN2O7/c1-17(19,16(23)24)7-20-5-8(6-20)26-12-3-2-9-10-4-11(10)18(25)27-14(9)13(12)15(21)22/h2-3,8,10-11,25H,4-7,19H2,1H3,(H,21,22)(H,23,24)/t10-,11-,17?/m1/s1. The fourth-order valence-electron chi connectivity index (χ4n) is 3.83. The summed E-state index contributed by atoms with van der Waals surface area (Å²) < 4.78 is 11.3. The molecule has 0 amide bonds. The van der Waals surface area contributed by atoms with Gasteiger partial charge in [-0.3, -0.25) is 9.69 Å². The number of carboxylic acid groups (broad SMARTS) is 2. The van der Waals surface area contributed by atoms with Crippen LogP contribution in [0.15, 0.2) is 12.1 Å². The van der Waals surface area contributed by atoms with E-state index in [1.165, 1.54) is 6.92 Å². The zero-order valence-electron chi connectivity index (χ0n) is 14.8. The summed E-state index contributed by atoms with van der Waals surface area (Å²) in [6.07, 6.45) is 0.514. The second-order valence-corrected chi connectivity index (χ2v) is 7.83. The topological polar surface area (TPSA) is 143 Å². The van der Waals surface area contributed by atoms with Gasteiger partial charge in [-0.1, -0.05) is 6.07 Å². The summed E-state index contributed by atoms with van der Waals surface area (Å²) in [5, 5.41) is 28.7. The number of nitrogens with two attached hydrogens (primary N) is 1. The van der Waals surface area contributed by atoms with E-state index in [1.807, 2.05) is 4.90 Å². The monoisotopic (exact) mass is 376 g/mol. The van der Waals surface area contributed by atoms with E-state index in [4.69, 9.17) is 20.2 Å². The van der Waals surface area contributed by atoms with Crippen LogP contribution in [0.1, 0.15) is 35.2 Å². The number of aliphatic carboxylic acids is 1. The fourth-order valence-corrected chi connectivity index (χ4v) is 3.83. The molecule has 1 aromatic rings. The van der Waals surface area contributed by atoms with E-state index >= 15 is 0 Å². The molecule has 4 rings (SSSR count). The molecule has 27 heavy (non-hydrogen) atoms. The lowest BCUT2D eigenvalue weighted by molar-refractivity contribution is -0.144. The Morgan fingerprint density at radius 1 is 1.41 bits per heavy atom. The molecule has 1 aromatic carbocycles. The molecule has 9 nitrogen and oxygen atoms in total. The number of likely N-dealkylation sites (tertiary alicyclic amines) is 1. The highest BCUT2D eigenvalue weighted by Crippen LogP contribution is 2.60. The molecular formula is C17H21BN2O7. The van der Waals surface area contributed by atoms with Crippen molar-refractivity contribution >= 4 is 19.1 Å². The number of nitrogens with zero attached hydrogens (tertiary/aromatic N) is 1. The van der Waals surface area contributed by atoms with Crippen LogP contribution in [0.2, 0.25) is 5.82 Å². The van der Waals surface area contributed by atoms with Crippen molar-refractivity contribution in [2.75, 3.05) is 19.6 Å². The number of aromatic carboxylic acids is 1. The van der Waals surface area contributed by atoms with E-state index in [1.54, 1.807) is 12.1 Å². The van der Waals surface area contributed by atoms with Gasteiger partial charge in [-0.05, 0) is 30.9 Å². The second-order valence-electron chi connectivity index (χ2n) is 7.83. The Balaban J connectivity index is 1.47. The van der Waals surface area contributed by atoms with Crippen LogP contribution in [-0.4, -0.2) is 70.5 Å². The largest absolute Gasteiger partial charge is 0.535 e. The predicted octanol–water partition coefficient (Wildman–Crippen LogP) is -0.0198. The molecule has 2 aliphatic heterocycles. The molecule has 0 radical (unpaired) electrons. The third-order valence-electron chi connectivity index (χ3n) is 5.47. The molecule has 1 saturated heterocycles. The van der Waals surface area contributed by atoms with Gasteiger partial charge in [0.15, 0.2) is 0 Å². The van der Waals surface area contributed by atoms with Gasteiger partial charge in [0.1, 0.15) is 28.7 Å². The van der Waals surface area contributed by atoms with Gasteiger partial charge in [-0.15, -0.1) is 0 Å². The van der Waals surface area contributed by atoms with Gasteiger partial charge in [0.05, 0.1) is 0 Å². The minimum absolute atomic E-state index is 0.0333. The summed E-state index contributed by atoms with van der Waals surface area (Å²) in [5.74, 6) is -1.72. The van der Waals surface area contributed by atoms with Crippen molar-refractivity contribution in [3.8, 4) is 11.5 Å². The summed E-state index contributed by atoms with van der Waals surface area (Å²) in [6, 6.07) is 3.43. The molecule has 5 N–H and O–H groups in total. The molecule has 2 fully saturated rings. The van der Waals surface area contributed by atoms with Crippen LogP contribution < -0.4 is 15.1 Å². The van der Waals surface area contributed by atoms with E-state index < -0.39 is 24.6 Å². The number of carbonyl (C=O) groups is 2. The molecule has 10 heteroatoms. The van der Waals surface area contributed by atoms with Gasteiger partial charge in [-0.2, -0.15) is 0 Å². The Kier molecular flexibility index (Phi) is 4.10. The van der Waals surface area contributed by atoms with Gasteiger partial charge in [0, 0.05) is 25.5 Å². The first-order chi connectivity index (χ1) is 12.7. The molecule has 0 spiro atoms. The van der Waals surface area contributed by atoms with Crippen LogP contribution in [0.25, 0.3) is 0 Å². The van der Waals surface area contributed by atoms with Crippen molar-refractivity contribution < 1.29 is 34.2 Å². The highest BCUT2D eigenvalue weighted by molar-refractivity contribution is 6.48. The van der Waals surface area contributed by atoms with Gasteiger partial charge in [0.2, 0.25) is 0 Å². The van der Waals surface area contributed by atoms with E-state index in [9.17, 15) is 19.7 Å². The Hall–Kier alpha value is -2.30. The van der Waals surface area contributed by atoms with Crippen LogP contribution in [0.4, 0.5) is 0 Å². The van der Waals surface area contributed by atoms with Crippen molar-refractivity contribution in [3.63, 3.8) is 0 Å². The number of carboxylic acids is 2. The van der Waals surface area contributed by atoms with E-state index in [2.05, 4.69) is 0 Å². The summed E-state index contributed by atoms with van der Waals surface area (Å²) in [6.45, 7) is 2.52. The van der Waals surface area contributed by atoms with Crippen molar-refractivity contribution in [1.82, 2.24) is 4.90 Å². The number of fused-ring (bicyclic) bond motifs is 3. The molecule has 1 unspecified atom stereocenters. The van der Waals surface area contributed by atoms with Gasteiger partial charge >= 0.3 is 19.1 Å². The second kappa shape index (κ2) is 6.11. The Labute approximate surface area is 155 Å². The molecule has 0 aromatic heterocycles. The predicted molar refractivity (Wildman–Crippen MR) is 94.2 cm³/mol. The van der Waals surface area contributed by atoms with Crippen LogP contribution >= 0.6 is 0 Å². The molecule has 3 atom stereocenters. The van der Waals surface area contributed by atoms with Gasteiger partial charge in [-0.25, -0.2) is 4.79 Å². The first-order valence-corrected chi connectivity index (χ1v) is 8.83. The lowest BCUT2D eigenvalue weighted by Gasteiger charge is -2.42. The average Bonchev–Trinajstić information content (AvgIpc) is 3.33. The Morgan fingerprint density at radius 3 is 2.74 bits per heavy atom. The van der Waals surface area contributed by atoms with E-state index in [-0.39, 0.29) is 41.4 Å². The number of ether oxygens (including phenoxy) is 1. The Morgan fingerprint density at radius 2 is 2.11 bits per heavy atom. The summed E-state index contributed by atoms with van der Waals surface area (Å²) in [4.78, 5) is 24.7. The van der Waals surface area contributed by atoms with Gasteiger partial charge in [0.25, 0.3) is 0 Å². The first kappa shape index (κ1) is 18.1.